The summed E-state index contributed by atoms with van der Waals surface area (Å²) >= 11 is 0. The van der Waals surface area contributed by atoms with E-state index in [0.717, 1.165) is 12.1 Å². The summed E-state index contributed by atoms with van der Waals surface area (Å²) in [6.45, 7) is 5.59. The Labute approximate surface area is 97.1 Å². The lowest BCUT2D eigenvalue weighted by atomic mass is 9.83. The minimum atomic E-state index is -0.129. The lowest BCUT2D eigenvalue weighted by Gasteiger charge is -2.26. The van der Waals surface area contributed by atoms with E-state index < -0.39 is 0 Å². The predicted octanol–water partition coefficient (Wildman–Crippen LogP) is 3.32. The van der Waals surface area contributed by atoms with Gasteiger partial charge in [0.05, 0.1) is 0 Å². The van der Waals surface area contributed by atoms with Crippen LogP contribution < -0.4 is 5.32 Å². The molecule has 1 heterocycles. The van der Waals surface area contributed by atoms with Crippen LogP contribution in [0.2, 0.25) is 0 Å². The van der Waals surface area contributed by atoms with Gasteiger partial charge in [0, 0.05) is 6.04 Å². The van der Waals surface area contributed by atoms with Gasteiger partial charge in [0.15, 0.2) is 0 Å². The van der Waals surface area contributed by atoms with Gasteiger partial charge in [-0.25, -0.2) is 4.39 Å². The normalized spacial score (nSPS) is 24.3. The molecule has 0 amide bonds. The standard InChI is InChI=1S/C14H20FN/c1-10(11(2)14-7-4-8-16-14)12-5-3-6-13(15)9-12/h3,5-6,9-11,14,16H,4,7-8H2,1-2H3/t10-,11+,14+/m0/s1. The largest absolute Gasteiger partial charge is 0.314 e. The third-order valence-corrected chi connectivity index (χ3v) is 3.90. The Hall–Kier alpha value is -0.890. The molecule has 1 aromatic carbocycles. The summed E-state index contributed by atoms with van der Waals surface area (Å²) in [6.07, 6.45) is 2.52. The molecule has 1 aromatic rings. The molecule has 0 unspecified atom stereocenters. The average Bonchev–Trinajstić information content (AvgIpc) is 2.80. The van der Waals surface area contributed by atoms with Crippen LogP contribution >= 0.6 is 0 Å². The van der Waals surface area contributed by atoms with E-state index in [4.69, 9.17) is 0 Å². The average molecular weight is 221 g/mol. The van der Waals surface area contributed by atoms with Gasteiger partial charge in [-0.05, 0) is 48.9 Å². The number of rotatable bonds is 3. The molecule has 16 heavy (non-hydrogen) atoms. The zero-order valence-corrected chi connectivity index (χ0v) is 10.0. The molecule has 88 valence electrons. The Morgan fingerprint density at radius 1 is 1.38 bits per heavy atom. The molecule has 0 aromatic heterocycles. The molecule has 0 spiro atoms. The molecule has 2 rings (SSSR count). The third kappa shape index (κ3) is 2.43. The Morgan fingerprint density at radius 3 is 2.81 bits per heavy atom. The number of hydrogen-bond donors (Lipinski definition) is 1. The van der Waals surface area contributed by atoms with Crippen molar-refractivity contribution >= 4 is 0 Å². The Morgan fingerprint density at radius 2 is 2.19 bits per heavy atom. The van der Waals surface area contributed by atoms with Gasteiger partial charge in [0.1, 0.15) is 5.82 Å². The maximum atomic E-state index is 13.2. The smallest absolute Gasteiger partial charge is 0.123 e. The van der Waals surface area contributed by atoms with E-state index in [1.54, 1.807) is 12.1 Å². The summed E-state index contributed by atoms with van der Waals surface area (Å²) in [5, 5.41) is 3.53. The molecule has 0 saturated carbocycles. The highest BCUT2D eigenvalue weighted by atomic mass is 19.1. The van der Waals surface area contributed by atoms with Crippen LogP contribution in [0, 0.1) is 11.7 Å². The second-order valence-corrected chi connectivity index (χ2v) is 4.91. The topological polar surface area (TPSA) is 12.0 Å². The summed E-state index contributed by atoms with van der Waals surface area (Å²) in [6, 6.07) is 7.60. The van der Waals surface area contributed by atoms with E-state index in [2.05, 4.69) is 19.2 Å². The number of halogens is 1. The van der Waals surface area contributed by atoms with Gasteiger partial charge in [-0.3, -0.25) is 0 Å². The number of benzene rings is 1. The van der Waals surface area contributed by atoms with Crippen LogP contribution in [0.5, 0.6) is 0 Å². The molecule has 1 N–H and O–H groups in total. The van der Waals surface area contributed by atoms with Crippen molar-refractivity contribution in [2.24, 2.45) is 5.92 Å². The van der Waals surface area contributed by atoms with Crippen LogP contribution in [0.1, 0.15) is 38.2 Å². The summed E-state index contributed by atoms with van der Waals surface area (Å²) in [7, 11) is 0. The van der Waals surface area contributed by atoms with Crippen molar-refractivity contribution in [2.45, 2.75) is 38.6 Å². The quantitative estimate of drug-likeness (QED) is 0.825. The van der Waals surface area contributed by atoms with Crippen LogP contribution in [0.15, 0.2) is 24.3 Å². The van der Waals surface area contributed by atoms with Crippen molar-refractivity contribution in [1.82, 2.24) is 5.32 Å². The van der Waals surface area contributed by atoms with Crippen molar-refractivity contribution in [3.63, 3.8) is 0 Å². The van der Waals surface area contributed by atoms with Gasteiger partial charge < -0.3 is 5.32 Å². The zero-order chi connectivity index (χ0) is 11.5. The minimum Gasteiger partial charge on any atom is -0.314 e. The first-order valence-electron chi connectivity index (χ1n) is 6.17. The molecule has 1 saturated heterocycles. The molecule has 0 aliphatic carbocycles. The summed E-state index contributed by atoms with van der Waals surface area (Å²) in [5.41, 5.74) is 1.11. The second-order valence-electron chi connectivity index (χ2n) is 4.91. The Kier molecular flexibility index (Phi) is 3.59. The first kappa shape index (κ1) is 11.6. The lowest BCUT2D eigenvalue weighted by Crippen LogP contribution is -2.31. The van der Waals surface area contributed by atoms with Gasteiger partial charge in [0.2, 0.25) is 0 Å². The fraction of sp³-hybridized carbons (Fsp3) is 0.571. The van der Waals surface area contributed by atoms with Gasteiger partial charge in [-0.2, -0.15) is 0 Å². The molecule has 0 radical (unpaired) electrons. The van der Waals surface area contributed by atoms with Crippen LogP contribution in [0.4, 0.5) is 4.39 Å². The van der Waals surface area contributed by atoms with Gasteiger partial charge in [-0.15, -0.1) is 0 Å². The Balaban J connectivity index is 2.08. The van der Waals surface area contributed by atoms with E-state index in [0.29, 0.717) is 17.9 Å². The fourth-order valence-electron chi connectivity index (χ4n) is 2.60. The molecule has 1 aliphatic rings. The Bertz CT molecular complexity index is 344. The summed E-state index contributed by atoms with van der Waals surface area (Å²) in [4.78, 5) is 0. The summed E-state index contributed by atoms with van der Waals surface area (Å²) in [5.74, 6) is 0.839. The third-order valence-electron chi connectivity index (χ3n) is 3.90. The van der Waals surface area contributed by atoms with E-state index in [9.17, 15) is 4.39 Å². The van der Waals surface area contributed by atoms with Crippen molar-refractivity contribution in [1.29, 1.82) is 0 Å². The van der Waals surface area contributed by atoms with Crippen molar-refractivity contribution < 1.29 is 4.39 Å². The zero-order valence-electron chi connectivity index (χ0n) is 10.0. The molecule has 2 heteroatoms. The second kappa shape index (κ2) is 4.96. The van der Waals surface area contributed by atoms with E-state index in [1.807, 2.05) is 6.07 Å². The first-order valence-corrected chi connectivity index (χ1v) is 6.17. The van der Waals surface area contributed by atoms with E-state index in [-0.39, 0.29) is 5.82 Å². The van der Waals surface area contributed by atoms with Crippen LogP contribution in [0.25, 0.3) is 0 Å². The van der Waals surface area contributed by atoms with Crippen molar-refractivity contribution in [3.8, 4) is 0 Å². The highest BCUT2D eigenvalue weighted by Crippen LogP contribution is 2.29. The first-order chi connectivity index (χ1) is 7.68. The van der Waals surface area contributed by atoms with Gasteiger partial charge in [-0.1, -0.05) is 26.0 Å². The highest BCUT2D eigenvalue weighted by molar-refractivity contribution is 5.21. The molecule has 1 aliphatic heterocycles. The number of nitrogens with one attached hydrogen (secondary N) is 1. The lowest BCUT2D eigenvalue weighted by molar-refractivity contribution is 0.367. The number of hydrogen-bond acceptors (Lipinski definition) is 1. The van der Waals surface area contributed by atoms with Gasteiger partial charge in [0.25, 0.3) is 0 Å². The predicted molar refractivity (Wildman–Crippen MR) is 65.0 cm³/mol. The molecular formula is C14H20FN. The van der Waals surface area contributed by atoms with Crippen molar-refractivity contribution in [2.75, 3.05) is 6.54 Å². The SMILES string of the molecule is C[C@H]([C@H](C)c1cccc(F)c1)[C@H]1CCCN1. The molecule has 1 nitrogen and oxygen atoms in total. The fourth-order valence-corrected chi connectivity index (χ4v) is 2.60. The molecule has 0 bridgehead atoms. The van der Waals surface area contributed by atoms with Gasteiger partial charge >= 0.3 is 0 Å². The van der Waals surface area contributed by atoms with Crippen LogP contribution in [0.3, 0.4) is 0 Å². The highest BCUT2D eigenvalue weighted by Gasteiger charge is 2.26. The monoisotopic (exact) mass is 221 g/mol. The van der Waals surface area contributed by atoms with Crippen LogP contribution in [-0.4, -0.2) is 12.6 Å². The molecule has 3 atom stereocenters. The van der Waals surface area contributed by atoms with E-state index >= 15 is 0 Å². The maximum Gasteiger partial charge on any atom is 0.123 e. The molecule has 1 fully saturated rings. The van der Waals surface area contributed by atoms with Crippen molar-refractivity contribution in [3.05, 3.63) is 35.6 Å². The van der Waals surface area contributed by atoms with E-state index in [1.165, 1.54) is 18.9 Å². The minimum absolute atomic E-state index is 0.129. The summed E-state index contributed by atoms with van der Waals surface area (Å²) < 4.78 is 13.2. The molecular weight excluding hydrogens is 201 g/mol. The van der Waals surface area contributed by atoms with Crippen LogP contribution in [-0.2, 0) is 0 Å². The maximum absolute atomic E-state index is 13.2.